The molecule has 0 spiro atoms. The van der Waals surface area contributed by atoms with Gasteiger partial charge < -0.3 is 11.1 Å². The van der Waals surface area contributed by atoms with Crippen molar-refractivity contribution in [1.29, 1.82) is 0 Å². The van der Waals surface area contributed by atoms with Gasteiger partial charge in [0, 0.05) is 24.5 Å². The van der Waals surface area contributed by atoms with E-state index >= 15 is 0 Å². The fourth-order valence-electron chi connectivity index (χ4n) is 1.50. The zero-order chi connectivity index (χ0) is 11.2. The highest BCUT2D eigenvalue weighted by atomic mass is 32.1. The van der Waals surface area contributed by atoms with Gasteiger partial charge in [0.15, 0.2) is 0 Å². The highest BCUT2D eigenvalue weighted by Gasteiger charge is 2.04. The van der Waals surface area contributed by atoms with E-state index in [4.69, 9.17) is 5.73 Å². The zero-order valence-electron chi connectivity index (χ0n) is 8.97. The summed E-state index contributed by atoms with van der Waals surface area (Å²) < 4.78 is 0. The first-order valence-electron chi connectivity index (χ1n) is 5.24. The minimum atomic E-state index is 0.0415. The monoisotopic (exact) mass is 233 g/mol. The van der Waals surface area contributed by atoms with E-state index in [2.05, 4.69) is 22.4 Å². The number of aromatic nitrogens is 1. The summed E-state index contributed by atoms with van der Waals surface area (Å²) in [6.45, 7) is 1.55. The van der Waals surface area contributed by atoms with Crippen molar-refractivity contribution >= 4 is 11.3 Å². The Hall–Kier alpha value is -1.23. The van der Waals surface area contributed by atoms with Gasteiger partial charge in [0.1, 0.15) is 0 Å². The van der Waals surface area contributed by atoms with Crippen molar-refractivity contribution in [3.8, 4) is 0 Å². The van der Waals surface area contributed by atoms with Crippen molar-refractivity contribution in [3.05, 3.63) is 52.5 Å². The van der Waals surface area contributed by atoms with E-state index in [1.54, 1.807) is 11.3 Å². The Kier molecular flexibility index (Phi) is 4.04. The van der Waals surface area contributed by atoms with Crippen molar-refractivity contribution < 1.29 is 0 Å². The Morgan fingerprint density at radius 1 is 1.31 bits per heavy atom. The minimum Gasteiger partial charge on any atom is -0.323 e. The predicted molar refractivity (Wildman–Crippen MR) is 67.2 cm³/mol. The third-order valence-electron chi connectivity index (χ3n) is 2.38. The highest BCUT2D eigenvalue weighted by molar-refractivity contribution is 7.07. The summed E-state index contributed by atoms with van der Waals surface area (Å²) in [6, 6.07) is 10.2. The smallest absolute Gasteiger partial charge is 0.0795 e. The van der Waals surface area contributed by atoms with Gasteiger partial charge in [-0.15, -0.1) is 11.3 Å². The second kappa shape index (κ2) is 5.75. The van der Waals surface area contributed by atoms with E-state index in [-0.39, 0.29) is 6.04 Å². The SMILES string of the molecule is NC(CNCc1cscn1)c1ccccc1. The minimum absolute atomic E-state index is 0.0415. The predicted octanol–water partition coefficient (Wildman–Crippen LogP) is 1.93. The maximum atomic E-state index is 6.05. The molecule has 3 nitrogen and oxygen atoms in total. The van der Waals surface area contributed by atoms with Crippen LogP contribution in [0.25, 0.3) is 0 Å². The molecular weight excluding hydrogens is 218 g/mol. The Morgan fingerprint density at radius 2 is 2.12 bits per heavy atom. The van der Waals surface area contributed by atoms with E-state index in [0.29, 0.717) is 0 Å². The van der Waals surface area contributed by atoms with Crippen LogP contribution in [-0.4, -0.2) is 11.5 Å². The number of benzene rings is 1. The van der Waals surface area contributed by atoms with Crippen molar-refractivity contribution in [3.63, 3.8) is 0 Å². The van der Waals surface area contributed by atoms with Crippen molar-refractivity contribution in [1.82, 2.24) is 10.3 Å². The number of thiazole rings is 1. The molecule has 1 aromatic heterocycles. The fraction of sp³-hybridized carbons (Fsp3) is 0.250. The number of nitrogens with one attached hydrogen (secondary N) is 1. The summed E-state index contributed by atoms with van der Waals surface area (Å²) in [4.78, 5) is 4.20. The Labute approximate surface area is 99.3 Å². The quantitative estimate of drug-likeness (QED) is 0.829. The van der Waals surface area contributed by atoms with Gasteiger partial charge in [-0.2, -0.15) is 0 Å². The summed E-state index contributed by atoms with van der Waals surface area (Å²) in [6.07, 6.45) is 0. The lowest BCUT2D eigenvalue weighted by atomic mass is 10.1. The first-order chi connectivity index (χ1) is 7.86. The molecule has 1 aromatic carbocycles. The van der Waals surface area contributed by atoms with Gasteiger partial charge in [-0.3, -0.25) is 0 Å². The van der Waals surface area contributed by atoms with Crippen LogP contribution >= 0.6 is 11.3 Å². The number of nitrogens with two attached hydrogens (primary N) is 1. The molecule has 0 saturated heterocycles. The number of hydrogen-bond donors (Lipinski definition) is 2. The summed E-state index contributed by atoms with van der Waals surface area (Å²) in [5.74, 6) is 0. The van der Waals surface area contributed by atoms with Crippen LogP contribution < -0.4 is 11.1 Å². The number of rotatable bonds is 5. The molecule has 84 valence electrons. The molecule has 3 N–H and O–H groups in total. The molecule has 1 heterocycles. The van der Waals surface area contributed by atoms with Gasteiger partial charge in [-0.25, -0.2) is 4.98 Å². The molecule has 0 aliphatic rings. The second-order valence-corrected chi connectivity index (χ2v) is 4.35. The first-order valence-corrected chi connectivity index (χ1v) is 6.19. The standard InChI is InChI=1S/C12H15N3S/c13-12(10-4-2-1-3-5-10)7-14-6-11-8-16-9-15-11/h1-5,8-9,12,14H,6-7,13H2. The maximum absolute atomic E-state index is 6.05. The van der Waals surface area contributed by atoms with Gasteiger partial charge in [0.25, 0.3) is 0 Å². The molecule has 0 aliphatic heterocycles. The largest absolute Gasteiger partial charge is 0.323 e. The second-order valence-electron chi connectivity index (χ2n) is 3.63. The molecule has 4 heteroatoms. The number of nitrogens with zero attached hydrogens (tertiary/aromatic N) is 1. The summed E-state index contributed by atoms with van der Waals surface area (Å²) >= 11 is 1.61. The lowest BCUT2D eigenvalue weighted by Crippen LogP contribution is -2.26. The van der Waals surface area contributed by atoms with E-state index in [0.717, 1.165) is 24.3 Å². The Morgan fingerprint density at radius 3 is 2.81 bits per heavy atom. The van der Waals surface area contributed by atoms with Crippen LogP contribution in [0.1, 0.15) is 17.3 Å². The Bertz CT molecular complexity index is 399. The van der Waals surface area contributed by atoms with E-state index in [1.807, 2.05) is 29.1 Å². The van der Waals surface area contributed by atoms with Crippen LogP contribution in [0.15, 0.2) is 41.2 Å². The van der Waals surface area contributed by atoms with E-state index < -0.39 is 0 Å². The Balaban J connectivity index is 1.78. The molecule has 16 heavy (non-hydrogen) atoms. The third kappa shape index (κ3) is 3.13. The van der Waals surface area contributed by atoms with Crippen LogP contribution in [0.2, 0.25) is 0 Å². The van der Waals surface area contributed by atoms with Gasteiger partial charge in [0.05, 0.1) is 11.2 Å². The van der Waals surface area contributed by atoms with Gasteiger partial charge in [0.2, 0.25) is 0 Å². The molecule has 0 radical (unpaired) electrons. The molecule has 2 rings (SSSR count). The van der Waals surface area contributed by atoms with Crippen molar-refractivity contribution in [2.45, 2.75) is 12.6 Å². The molecular formula is C12H15N3S. The maximum Gasteiger partial charge on any atom is 0.0795 e. The highest BCUT2D eigenvalue weighted by Crippen LogP contribution is 2.08. The molecule has 0 aliphatic carbocycles. The first kappa shape index (κ1) is 11.3. The van der Waals surface area contributed by atoms with E-state index in [9.17, 15) is 0 Å². The average molecular weight is 233 g/mol. The zero-order valence-corrected chi connectivity index (χ0v) is 9.78. The molecule has 1 atom stereocenters. The molecule has 0 bridgehead atoms. The summed E-state index contributed by atoms with van der Waals surface area (Å²) in [5.41, 5.74) is 10.1. The lowest BCUT2D eigenvalue weighted by molar-refractivity contribution is 0.593. The molecule has 1 unspecified atom stereocenters. The molecule has 0 fully saturated rings. The van der Waals surface area contributed by atoms with Crippen LogP contribution in [0.5, 0.6) is 0 Å². The van der Waals surface area contributed by atoms with Crippen LogP contribution in [0.4, 0.5) is 0 Å². The van der Waals surface area contributed by atoms with Gasteiger partial charge >= 0.3 is 0 Å². The molecule has 2 aromatic rings. The van der Waals surface area contributed by atoms with Gasteiger partial charge in [-0.05, 0) is 5.56 Å². The molecule has 0 saturated carbocycles. The normalized spacial score (nSPS) is 12.6. The third-order valence-corrected chi connectivity index (χ3v) is 3.02. The topological polar surface area (TPSA) is 50.9 Å². The number of hydrogen-bond acceptors (Lipinski definition) is 4. The van der Waals surface area contributed by atoms with E-state index in [1.165, 1.54) is 0 Å². The summed E-state index contributed by atoms with van der Waals surface area (Å²) in [7, 11) is 0. The van der Waals surface area contributed by atoms with Gasteiger partial charge in [-0.1, -0.05) is 30.3 Å². The van der Waals surface area contributed by atoms with Crippen LogP contribution in [0.3, 0.4) is 0 Å². The lowest BCUT2D eigenvalue weighted by Gasteiger charge is -2.12. The van der Waals surface area contributed by atoms with Crippen molar-refractivity contribution in [2.75, 3.05) is 6.54 Å². The van der Waals surface area contributed by atoms with Crippen LogP contribution in [-0.2, 0) is 6.54 Å². The van der Waals surface area contributed by atoms with Crippen molar-refractivity contribution in [2.24, 2.45) is 5.73 Å². The molecule has 0 amide bonds. The van der Waals surface area contributed by atoms with Crippen LogP contribution in [0, 0.1) is 0 Å². The average Bonchev–Trinajstić information content (AvgIpc) is 2.83. The summed E-state index contributed by atoms with van der Waals surface area (Å²) in [5, 5.41) is 5.35. The fourth-order valence-corrected chi connectivity index (χ4v) is 2.06.